The van der Waals surface area contributed by atoms with Gasteiger partial charge in [-0.2, -0.15) is 0 Å². The molecule has 1 amide bonds. The summed E-state index contributed by atoms with van der Waals surface area (Å²) < 4.78 is 5.61. The molecule has 5 heteroatoms. The Hall–Kier alpha value is -2.92. The van der Waals surface area contributed by atoms with E-state index in [-0.39, 0.29) is 17.4 Å². The summed E-state index contributed by atoms with van der Waals surface area (Å²) in [4.78, 5) is 27.7. The minimum Gasteiger partial charge on any atom is -0.507 e. The number of hydrogen-bond acceptors (Lipinski definition) is 4. The molecule has 1 atom stereocenters. The van der Waals surface area contributed by atoms with Crippen LogP contribution in [0.5, 0.6) is 0 Å². The normalized spacial score (nSPS) is 18.3. The van der Waals surface area contributed by atoms with E-state index in [0.717, 1.165) is 22.3 Å². The molecule has 0 saturated carbocycles. The first-order chi connectivity index (χ1) is 14.7. The Bertz CT molecular complexity index is 1020. The molecular weight excluding hydrogens is 390 g/mol. The van der Waals surface area contributed by atoms with E-state index in [4.69, 9.17) is 4.74 Å². The number of aryl methyl sites for hydroxylation is 3. The standard InChI is InChI=1S/C26H31NO4/c1-16(2)31-13-7-12-27-23(20-9-6-8-17(3)14-20)22(25(29)26(27)30)24(28)21-15-18(4)10-11-19(21)5/h6,8-11,14-16,23,28H,7,12-13H2,1-5H3/b24-22+. The summed E-state index contributed by atoms with van der Waals surface area (Å²) in [5, 5.41) is 11.2. The van der Waals surface area contributed by atoms with Crippen molar-refractivity contribution >= 4 is 17.4 Å². The van der Waals surface area contributed by atoms with Crippen molar-refractivity contribution in [2.75, 3.05) is 13.2 Å². The van der Waals surface area contributed by atoms with Crippen LogP contribution in [0.2, 0.25) is 0 Å². The van der Waals surface area contributed by atoms with Crippen LogP contribution in [0, 0.1) is 20.8 Å². The number of rotatable bonds is 7. The minimum absolute atomic E-state index is 0.104. The molecule has 31 heavy (non-hydrogen) atoms. The molecular formula is C26H31NO4. The zero-order valence-electron chi connectivity index (χ0n) is 18.9. The maximum absolute atomic E-state index is 13.1. The third-order valence-electron chi connectivity index (χ3n) is 5.54. The van der Waals surface area contributed by atoms with Gasteiger partial charge in [0, 0.05) is 18.7 Å². The van der Waals surface area contributed by atoms with E-state index in [9.17, 15) is 14.7 Å². The summed E-state index contributed by atoms with van der Waals surface area (Å²) in [5.41, 5.74) is 4.39. The van der Waals surface area contributed by atoms with Crippen LogP contribution >= 0.6 is 0 Å². The fourth-order valence-electron chi connectivity index (χ4n) is 3.99. The molecule has 1 saturated heterocycles. The van der Waals surface area contributed by atoms with Gasteiger partial charge in [-0.25, -0.2) is 0 Å². The Morgan fingerprint density at radius 1 is 1.06 bits per heavy atom. The molecule has 0 spiro atoms. The average molecular weight is 422 g/mol. The van der Waals surface area contributed by atoms with Crippen molar-refractivity contribution in [2.45, 2.75) is 53.2 Å². The highest BCUT2D eigenvalue weighted by Gasteiger charge is 2.45. The molecule has 3 rings (SSSR count). The van der Waals surface area contributed by atoms with E-state index in [0.29, 0.717) is 25.1 Å². The van der Waals surface area contributed by atoms with Gasteiger partial charge >= 0.3 is 0 Å². The number of Topliss-reactive ketones (excluding diaryl/α,β-unsaturated/α-hetero) is 1. The number of benzene rings is 2. The van der Waals surface area contributed by atoms with Crippen LogP contribution in [0.4, 0.5) is 0 Å². The molecule has 0 aliphatic carbocycles. The second kappa shape index (κ2) is 9.48. The topological polar surface area (TPSA) is 66.8 Å². The van der Waals surface area contributed by atoms with Crippen molar-refractivity contribution in [3.05, 3.63) is 75.9 Å². The van der Waals surface area contributed by atoms with Gasteiger partial charge in [0.2, 0.25) is 0 Å². The maximum Gasteiger partial charge on any atom is 0.295 e. The third-order valence-corrected chi connectivity index (χ3v) is 5.54. The summed E-state index contributed by atoms with van der Waals surface area (Å²) in [6.07, 6.45) is 0.712. The Morgan fingerprint density at radius 3 is 2.45 bits per heavy atom. The molecule has 1 fully saturated rings. The number of carbonyl (C=O) groups excluding carboxylic acids is 2. The van der Waals surface area contributed by atoms with Crippen LogP contribution in [0.15, 0.2) is 48.0 Å². The van der Waals surface area contributed by atoms with Crippen molar-refractivity contribution in [2.24, 2.45) is 0 Å². The Balaban J connectivity index is 2.08. The summed E-state index contributed by atoms with van der Waals surface area (Å²) in [5.74, 6) is -1.34. The van der Waals surface area contributed by atoms with E-state index < -0.39 is 17.7 Å². The monoisotopic (exact) mass is 421 g/mol. The minimum atomic E-state index is -0.644. The number of likely N-dealkylation sites (tertiary alicyclic amines) is 1. The van der Waals surface area contributed by atoms with Gasteiger partial charge in [0.15, 0.2) is 0 Å². The Labute approximate surface area is 184 Å². The predicted molar refractivity (Wildman–Crippen MR) is 122 cm³/mol. The summed E-state index contributed by atoms with van der Waals surface area (Å²) in [7, 11) is 0. The number of nitrogens with zero attached hydrogens (tertiary/aromatic N) is 1. The van der Waals surface area contributed by atoms with Crippen LogP contribution < -0.4 is 0 Å². The molecule has 1 heterocycles. The van der Waals surface area contributed by atoms with Gasteiger partial charge in [-0.05, 0) is 58.2 Å². The molecule has 164 valence electrons. The molecule has 2 aromatic rings. The number of carbonyl (C=O) groups is 2. The molecule has 1 unspecified atom stereocenters. The molecule has 1 aliphatic rings. The SMILES string of the molecule is Cc1cccc(C2/C(=C(\O)c3cc(C)ccc3C)C(=O)C(=O)N2CCCOC(C)C)c1. The van der Waals surface area contributed by atoms with E-state index >= 15 is 0 Å². The van der Waals surface area contributed by atoms with Gasteiger partial charge in [-0.15, -0.1) is 0 Å². The molecule has 0 radical (unpaired) electrons. The highest BCUT2D eigenvalue weighted by molar-refractivity contribution is 6.46. The van der Waals surface area contributed by atoms with Gasteiger partial charge in [-0.3, -0.25) is 9.59 Å². The summed E-state index contributed by atoms with van der Waals surface area (Å²) in [6.45, 7) is 10.6. The highest BCUT2D eigenvalue weighted by Crippen LogP contribution is 2.40. The number of hydrogen-bond donors (Lipinski definition) is 1. The Morgan fingerprint density at radius 2 is 1.77 bits per heavy atom. The molecule has 2 aromatic carbocycles. The first-order valence-corrected chi connectivity index (χ1v) is 10.7. The fourth-order valence-corrected chi connectivity index (χ4v) is 3.99. The first-order valence-electron chi connectivity index (χ1n) is 10.7. The largest absolute Gasteiger partial charge is 0.507 e. The van der Waals surface area contributed by atoms with Gasteiger partial charge in [0.05, 0.1) is 17.7 Å². The maximum atomic E-state index is 13.1. The van der Waals surface area contributed by atoms with Crippen LogP contribution in [0.3, 0.4) is 0 Å². The summed E-state index contributed by atoms with van der Waals surface area (Å²) >= 11 is 0. The lowest BCUT2D eigenvalue weighted by molar-refractivity contribution is -0.140. The van der Waals surface area contributed by atoms with E-state index in [1.165, 1.54) is 0 Å². The lowest BCUT2D eigenvalue weighted by Crippen LogP contribution is -2.31. The van der Waals surface area contributed by atoms with Crippen molar-refractivity contribution in [3.63, 3.8) is 0 Å². The van der Waals surface area contributed by atoms with Crippen molar-refractivity contribution in [3.8, 4) is 0 Å². The zero-order valence-corrected chi connectivity index (χ0v) is 18.9. The quantitative estimate of drug-likeness (QED) is 0.300. The van der Waals surface area contributed by atoms with Gasteiger partial charge in [0.25, 0.3) is 11.7 Å². The predicted octanol–water partition coefficient (Wildman–Crippen LogP) is 4.85. The molecule has 5 nitrogen and oxygen atoms in total. The van der Waals surface area contributed by atoms with E-state index in [1.54, 1.807) is 4.90 Å². The highest BCUT2D eigenvalue weighted by atomic mass is 16.5. The number of ketones is 1. The van der Waals surface area contributed by atoms with Crippen molar-refractivity contribution in [1.82, 2.24) is 4.90 Å². The molecule has 0 aromatic heterocycles. The fraction of sp³-hybridized carbons (Fsp3) is 0.385. The van der Waals surface area contributed by atoms with Crippen LogP contribution in [-0.2, 0) is 14.3 Å². The molecule has 1 aliphatic heterocycles. The van der Waals surface area contributed by atoms with Crippen LogP contribution in [-0.4, -0.2) is 41.0 Å². The van der Waals surface area contributed by atoms with E-state index in [1.807, 2.05) is 77.1 Å². The third kappa shape index (κ3) is 4.88. The van der Waals surface area contributed by atoms with Crippen molar-refractivity contribution in [1.29, 1.82) is 0 Å². The molecule has 1 N–H and O–H groups in total. The van der Waals surface area contributed by atoms with E-state index in [2.05, 4.69) is 0 Å². The smallest absolute Gasteiger partial charge is 0.295 e. The van der Waals surface area contributed by atoms with Crippen LogP contribution in [0.25, 0.3) is 5.76 Å². The number of amides is 1. The van der Waals surface area contributed by atoms with Crippen molar-refractivity contribution < 1.29 is 19.4 Å². The second-order valence-electron chi connectivity index (χ2n) is 8.50. The first kappa shape index (κ1) is 22.8. The van der Waals surface area contributed by atoms with Gasteiger partial charge in [-0.1, -0.05) is 47.5 Å². The van der Waals surface area contributed by atoms with Gasteiger partial charge in [0.1, 0.15) is 5.76 Å². The molecule has 0 bridgehead atoms. The number of aliphatic hydroxyl groups is 1. The zero-order chi connectivity index (χ0) is 22.7. The average Bonchev–Trinajstić information content (AvgIpc) is 2.97. The lowest BCUT2D eigenvalue weighted by Gasteiger charge is -2.26. The number of aliphatic hydroxyl groups excluding tert-OH is 1. The van der Waals surface area contributed by atoms with Crippen LogP contribution in [0.1, 0.15) is 54.1 Å². The second-order valence-corrected chi connectivity index (χ2v) is 8.50. The lowest BCUT2D eigenvalue weighted by atomic mass is 9.92. The summed E-state index contributed by atoms with van der Waals surface area (Å²) in [6, 6.07) is 12.8. The van der Waals surface area contributed by atoms with Gasteiger partial charge < -0.3 is 14.7 Å². The Kier molecular flexibility index (Phi) is 6.96. The number of ether oxygens (including phenoxy) is 1.